The molecule has 0 unspecified atom stereocenters. The van der Waals surface area contributed by atoms with E-state index in [9.17, 15) is 0 Å². The predicted octanol–water partition coefficient (Wildman–Crippen LogP) is -8.64. The van der Waals surface area contributed by atoms with E-state index in [0.29, 0.717) is 0 Å². The Morgan fingerprint density at radius 1 is 0.571 bits per heavy atom. The Balaban J connectivity index is -0.0000000270. The van der Waals surface area contributed by atoms with Crippen LogP contribution in [0.25, 0.3) is 0 Å². The van der Waals surface area contributed by atoms with Gasteiger partial charge in [-0.05, 0) is 0 Å². The smallest absolute Gasteiger partial charge is 2.00 e. The third-order valence-corrected chi connectivity index (χ3v) is 0. The van der Waals surface area contributed by atoms with E-state index in [1.165, 1.54) is 0 Å². The first-order valence-electron chi connectivity index (χ1n) is 1.50. The average molecular weight is 532 g/mol. The van der Waals surface area contributed by atoms with Crippen molar-refractivity contribution in [3.8, 4) is 0 Å². The molecule has 0 aromatic heterocycles. The van der Waals surface area contributed by atoms with Gasteiger partial charge < -0.3 is 0 Å². The molecule has 0 aliphatic rings. The molecular weight excluding hydrogens is 532 g/mol. The van der Waals surface area contributed by atoms with Crippen LogP contribution in [-0.2, 0) is 49.6 Å². The van der Waals surface area contributed by atoms with E-state index in [1.807, 2.05) is 0 Å². The first-order chi connectivity index (χ1) is 5.20. The Morgan fingerprint density at radius 2 is 0.571 bits per heavy atom. The summed E-state index contributed by atoms with van der Waals surface area (Å²) in [6.07, 6.45) is 0. The van der Waals surface area contributed by atoms with Crippen molar-refractivity contribution >= 4 is 43.5 Å². The molecule has 0 N–H and O–H groups in total. The maximum atomic E-state index is 8.54. The second kappa shape index (κ2) is 24.2. The summed E-state index contributed by atoms with van der Waals surface area (Å²) in [5.41, 5.74) is 0. The first kappa shape index (κ1) is 29.7. The van der Waals surface area contributed by atoms with E-state index >= 15 is 0 Å². The fourth-order valence-electron chi connectivity index (χ4n) is 0. The largest absolute Gasteiger partial charge is 4.00 e. The van der Waals surface area contributed by atoms with Crippen molar-refractivity contribution in [2.24, 2.45) is 0 Å². The van der Waals surface area contributed by atoms with Crippen LogP contribution in [0.15, 0.2) is 0 Å². The second-order valence-electron chi connectivity index (χ2n) is 0.612. The van der Waals surface area contributed by atoms with E-state index < -0.39 is 43.5 Å². The summed E-state index contributed by atoms with van der Waals surface area (Å²) in [7, 11) is 0. The predicted molar refractivity (Wildman–Crippen MR) is 19.3 cm³/mol. The minimum absolute atomic E-state index is 0. The van der Waals surface area contributed by atoms with Crippen molar-refractivity contribution in [3.05, 3.63) is 0 Å². The van der Waals surface area contributed by atoms with Gasteiger partial charge in [-0.1, -0.05) is 0 Å². The van der Waals surface area contributed by atoms with E-state index in [1.54, 1.807) is 0 Å². The molecule has 0 atom stereocenters. The zero-order chi connectivity index (χ0) is 10.7. The zero-order valence-electron chi connectivity index (χ0n) is 5.69. The van der Waals surface area contributed by atoms with Gasteiger partial charge in [0.15, 0.2) is 0 Å². The summed E-state index contributed by atoms with van der Waals surface area (Å²) in [5.74, 6) is 0. The molecule has 0 fully saturated rings. The summed E-state index contributed by atoms with van der Waals surface area (Å²) in [6.45, 7) is 0. The maximum absolute atomic E-state index is 8.54. The maximum Gasteiger partial charge on any atom is 4.00 e. The van der Waals surface area contributed by atoms with Crippen molar-refractivity contribution in [2.75, 3.05) is 0 Å². The van der Waals surface area contributed by atoms with Crippen LogP contribution in [-0.4, -0.2) is 43.5 Å². The van der Waals surface area contributed by atoms with Crippen LogP contribution in [0.4, 0.5) is 0 Å². The topological polar surface area (TPSA) is 190 Å². The van der Waals surface area contributed by atoms with Crippen molar-refractivity contribution in [3.63, 3.8) is 0 Å². The molecule has 0 spiro atoms. The van der Waals surface area contributed by atoms with Gasteiger partial charge in [0, 0.05) is 0 Å². The third-order valence-electron chi connectivity index (χ3n) is 0. The molecule has 1 radical (unpaired) electrons. The molecule has 0 amide bonds. The van der Waals surface area contributed by atoms with Gasteiger partial charge in [-0.25, -0.2) is 0 Å². The molecule has 0 rings (SSSR count). The van der Waals surface area contributed by atoms with E-state index in [2.05, 4.69) is 0 Å². The molecule has 0 saturated carbocycles. The minimum Gasteiger partial charge on any atom is 2.00 e. The van der Waals surface area contributed by atoms with Gasteiger partial charge in [-0.2, -0.15) is 0 Å². The Labute approximate surface area is 117 Å². The number of hydrogen-bond acceptors (Lipinski definition) is 9. The Bertz CT molecular complexity index is 118. The molecular formula is MnMoO9Se3. The normalized spacial score (nSPS) is 7.50. The molecule has 0 aliphatic carbocycles. The van der Waals surface area contributed by atoms with Gasteiger partial charge in [-0.3, -0.25) is 0 Å². The van der Waals surface area contributed by atoms with Crippen LogP contribution >= 0.6 is 0 Å². The van der Waals surface area contributed by atoms with Crippen molar-refractivity contribution in [2.45, 2.75) is 0 Å². The van der Waals surface area contributed by atoms with Crippen LogP contribution in [0.5, 0.6) is 0 Å². The Kier molecular flexibility index (Phi) is 51.5. The number of rotatable bonds is 0. The minimum atomic E-state index is -3.79. The molecule has 0 aromatic carbocycles. The summed E-state index contributed by atoms with van der Waals surface area (Å²) in [6, 6.07) is 0. The fraction of sp³-hybridized carbons (Fsp3) is 0. The van der Waals surface area contributed by atoms with Crippen LogP contribution in [0.2, 0.25) is 0 Å². The quantitative estimate of drug-likeness (QED) is 0.273. The van der Waals surface area contributed by atoms with E-state index in [-0.39, 0.29) is 38.1 Å². The Morgan fingerprint density at radius 3 is 0.571 bits per heavy atom. The molecule has 9 nitrogen and oxygen atoms in total. The molecule has 14 heavy (non-hydrogen) atoms. The van der Waals surface area contributed by atoms with Gasteiger partial charge >= 0.3 is 118 Å². The van der Waals surface area contributed by atoms with Gasteiger partial charge in [0.05, 0.1) is 0 Å². The summed E-state index contributed by atoms with van der Waals surface area (Å²) >= 11 is -11.4. The van der Waals surface area contributed by atoms with Crippen molar-refractivity contribution < 1.29 is 74.8 Å². The van der Waals surface area contributed by atoms with Crippen LogP contribution in [0.3, 0.4) is 0 Å². The van der Waals surface area contributed by atoms with Crippen molar-refractivity contribution in [1.82, 2.24) is 0 Å². The Hall–Kier alpha value is 1.93. The third kappa shape index (κ3) is 627. The summed E-state index contributed by atoms with van der Waals surface area (Å²) in [4.78, 5) is 0. The first-order valence-corrected chi connectivity index (χ1v) is 7.79. The molecule has 14 heteroatoms. The molecule has 0 saturated heterocycles. The van der Waals surface area contributed by atoms with Gasteiger partial charge in [-0.15, -0.1) is 0 Å². The summed E-state index contributed by atoms with van der Waals surface area (Å²) in [5, 5.41) is 0. The zero-order valence-corrected chi connectivity index (χ0v) is 14.0. The molecule has 0 heterocycles. The van der Waals surface area contributed by atoms with Gasteiger partial charge in [0.25, 0.3) is 0 Å². The molecule has 0 aromatic rings. The fourth-order valence-corrected chi connectivity index (χ4v) is 0. The molecule has 0 aliphatic heterocycles. The van der Waals surface area contributed by atoms with Gasteiger partial charge in [0.1, 0.15) is 0 Å². The van der Waals surface area contributed by atoms with Crippen molar-refractivity contribution in [1.29, 1.82) is 0 Å². The molecule has 85 valence electrons. The summed E-state index contributed by atoms with van der Waals surface area (Å²) < 4.78 is 76.9. The SMILES string of the molecule is O=[Se]([O-])[O-].O=[Se]([O-])[O-].O=[Se]([O-])[O-].[Mn+2].[Mo+4]. The van der Waals surface area contributed by atoms with E-state index in [4.69, 9.17) is 36.6 Å². The van der Waals surface area contributed by atoms with E-state index in [0.717, 1.165) is 0 Å². The number of hydrogen-bond donors (Lipinski definition) is 0. The standard InChI is InChI=1S/Mn.Mo.3H2O3Se/c;;3*1-4(2)3/h;;3*(H2,1,2,3)/q+2;+4;;;/p-6. The van der Waals surface area contributed by atoms with Crippen LogP contribution in [0, 0.1) is 0 Å². The second-order valence-corrected chi connectivity index (χ2v) is 3.18. The molecule has 0 bridgehead atoms. The average Bonchev–Trinajstić information content (AvgIpc) is 1.54. The van der Waals surface area contributed by atoms with Gasteiger partial charge in [0.2, 0.25) is 0 Å². The van der Waals surface area contributed by atoms with Crippen LogP contribution in [0.1, 0.15) is 0 Å². The van der Waals surface area contributed by atoms with Crippen LogP contribution < -0.4 is 25.1 Å². The monoisotopic (exact) mass is 537 g/mol.